The van der Waals surface area contributed by atoms with Crippen molar-refractivity contribution in [3.63, 3.8) is 0 Å². The molecule has 2 rings (SSSR count). The number of hydrogen-bond donors (Lipinski definition) is 1. The van der Waals surface area contributed by atoms with Gasteiger partial charge in [0.2, 0.25) is 0 Å². The number of hydrogen-bond acceptors (Lipinski definition) is 3. The highest BCUT2D eigenvalue weighted by Gasteiger charge is 2.24. The minimum absolute atomic E-state index is 0.670. The summed E-state index contributed by atoms with van der Waals surface area (Å²) < 4.78 is 0. The lowest BCUT2D eigenvalue weighted by Crippen LogP contribution is -2.51. The first-order valence-electron chi connectivity index (χ1n) is 6.23. The summed E-state index contributed by atoms with van der Waals surface area (Å²) >= 11 is 1.85. The molecule has 0 saturated carbocycles. The van der Waals surface area contributed by atoms with Crippen molar-refractivity contribution in [3.05, 3.63) is 21.9 Å². The van der Waals surface area contributed by atoms with Crippen molar-refractivity contribution < 1.29 is 0 Å². The molecule has 2 unspecified atom stereocenters. The van der Waals surface area contributed by atoms with Crippen LogP contribution in [0, 0.1) is 6.92 Å². The lowest BCUT2D eigenvalue weighted by molar-refractivity contribution is 0.0439. The summed E-state index contributed by atoms with van der Waals surface area (Å²) in [5, 5.41) is 4.62. The van der Waals surface area contributed by atoms with E-state index in [4.69, 9.17) is 0 Å². The zero-order valence-corrected chi connectivity index (χ0v) is 11.3. The van der Waals surface area contributed by atoms with Gasteiger partial charge in [0.15, 0.2) is 0 Å². The van der Waals surface area contributed by atoms with Crippen LogP contribution in [-0.2, 0) is 6.54 Å². The van der Waals surface area contributed by atoms with Gasteiger partial charge < -0.3 is 0 Å². The van der Waals surface area contributed by atoms with Crippen molar-refractivity contribution in [3.8, 4) is 0 Å². The normalized spacial score (nSPS) is 27.2. The molecule has 0 spiro atoms. The Hall–Kier alpha value is -0.380. The molecule has 1 fully saturated rings. The number of nitrogens with zero attached hydrogens (tertiary/aromatic N) is 1. The first kappa shape index (κ1) is 12.1. The molecule has 2 heterocycles. The lowest BCUT2D eigenvalue weighted by atomic mass is 10.00. The molecule has 1 aliphatic heterocycles. The fraction of sp³-hybridized carbons (Fsp3) is 0.692. The van der Waals surface area contributed by atoms with E-state index in [9.17, 15) is 0 Å². The molecule has 90 valence electrons. The van der Waals surface area contributed by atoms with E-state index >= 15 is 0 Å². The Morgan fingerprint density at radius 3 is 2.62 bits per heavy atom. The maximum absolute atomic E-state index is 3.61. The van der Waals surface area contributed by atoms with Gasteiger partial charge in [0.1, 0.15) is 0 Å². The predicted octanol–water partition coefficient (Wildman–Crippen LogP) is 3.32. The van der Waals surface area contributed by atoms with Gasteiger partial charge in [-0.25, -0.2) is 10.4 Å². The molecule has 2 atom stereocenters. The zero-order chi connectivity index (χ0) is 11.5. The Balaban J connectivity index is 1.91. The van der Waals surface area contributed by atoms with Crippen molar-refractivity contribution in [2.24, 2.45) is 0 Å². The van der Waals surface area contributed by atoms with Crippen molar-refractivity contribution in [1.29, 1.82) is 0 Å². The van der Waals surface area contributed by atoms with E-state index < -0.39 is 0 Å². The highest BCUT2D eigenvalue weighted by Crippen LogP contribution is 2.21. The monoisotopic (exact) mass is 238 g/mol. The van der Waals surface area contributed by atoms with Crippen LogP contribution >= 0.6 is 11.3 Å². The Labute approximate surface area is 103 Å². The highest BCUT2D eigenvalue weighted by atomic mass is 32.1. The second-order valence-corrected chi connectivity index (χ2v) is 5.90. The van der Waals surface area contributed by atoms with E-state index in [-0.39, 0.29) is 0 Å². The van der Waals surface area contributed by atoms with Gasteiger partial charge >= 0.3 is 0 Å². The second kappa shape index (κ2) is 5.30. The summed E-state index contributed by atoms with van der Waals surface area (Å²) in [6, 6.07) is 3.54. The molecule has 2 nitrogen and oxygen atoms in total. The topological polar surface area (TPSA) is 15.3 Å². The number of rotatable bonds is 3. The van der Waals surface area contributed by atoms with Gasteiger partial charge in [0.25, 0.3) is 0 Å². The third kappa shape index (κ3) is 2.65. The lowest BCUT2D eigenvalue weighted by Gasteiger charge is -2.39. The van der Waals surface area contributed by atoms with Crippen LogP contribution in [0.25, 0.3) is 0 Å². The Morgan fingerprint density at radius 1 is 1.38 bits per heavy atom. The van der Waals surface area contributed by atoms with Gasteiger partial charge in [-0.3, -0.25) is 0 Å². The van der Waals surface area contributed by atoms with Gasteiger partial charge in [-0.15, -0.1) is 11.3 Å². The zero-order valence-electron chi connectivity index (χ0n) is 10.5. The van der Waals surface area contributed by atoms with E-state index in [0.29, 0.717) is 12.1 Å². The number of piperidine rings is 1. The third-order valence-electron chi connectivity index (χ3n) is 3.58. The van der Waals surface area contributed by atoms with Crippen LogP contribution in [-0.4, -0.2) is 17.1 Å². The first-order valence-corrected chi connectivity index (χ1v) is 7.11. The molecule has 1 saturated heterocycles. The number of nitrogens with one attached hydrogen (secondary N) is 1. The molecule has 1 aromatic heterocycles. The van der Waals surface area contributed by atoms with Crippen LogP contribution in [0.2, 0.25) is 0 Å². The summed E-state index contributed by atoms with van der Waals surface area (Å²) in [6.45, 7) is 7.82. The van der Waals surface area contributed by atoms with Crippen molar-refractivity contribution >= 4 is 11.3 Å². The Kier molecular flexibility index (Phi) is 4.00. The molecule has 1 N–H and O–H groups in total. The Bertz CT molecular complexity index is 324. The van der Waals surface area contributed by atoms with Crippen LogP contribution in [0.1, 0.15) is 43.6 Å². The largest absolute Gasteiger partial charge is 0.249 e. The van der Waals surface area contributed by atoms with E-state index in [0.717, 1.165) is 6.54 Å². The van der Waals surface area contributed by atoms with Crippen LogP contribution in [0.3, 0.4) is 0 Å². The summed E-state index contributed by atoms with van der Waals surface area (Å²) in [5.74, 6) is 0. The smallest absolute Gasteiger partial charge is 0.0450 e. The van der Waals surface area contributed by atoms with Crippen molar-refractivity contribution in [1.82, 2.24) is 10.4 Å². The summed E-state index contributed by atoms with van der Waals surface area (Å²) in [6.07, 6.45) is 4.01. The van der Waals surface area contributed by atoms with E-state index in [2.05, 4.69) is 42.7 Å². The minimum atomic E-state index is 0.670. The standard InChI is InChI=1S/C13H22N2S/c1-10-7-8-16-13(10)9-14-15-11(2)5-4-6-12(15)3/h7-8,11-12,14H,4-6,9H2,1-3H3. The molecule has 16 heavy (non-hydrogen) atoms. The van der Waals surface area contributed by atoms with Gasteiger partial charge in [-0.2, -0.15) is 0 Å². The molecular formula is C13H22N2S. The van der Waals surface area contributed by atoms with Crippen LogP contribution in [0.15, 0.2) is 11.4 Å². The molecule has 1 aliphatic rings. The average Bonchev–Trinajstić information content (AvgIpc) is 2.64. The fourth-order valence-corrected chi connectivity index (χ4v) is 3.32. The number of thiophene rings is 1. The van der Waals surface area contributed by atoms with Crippen molar-refractivity contribution in [2.75, 3.05) is 0 Å². The third-order valence-corrected chi connectivity index (χ3v) is 4.61. The van der Waals surface area contributed by atoms with E-state index in [1.54, 1.807) is 0 Å². The highest BCUT2D eigenvalue weighted by molar-refractivity contribution is 7.10. The van der Waals surface area contributed by atoms with E-state index in [1.165, 1.54) is 29.7 Å². The summed E-state index contributed by atoms with van der Waals surface area (Å²) in [7, 11) is 0. The maximum atomic E-state index is 3.61. The van der Waals surface area contributed by atoms with Gasteiger partial charge in [0, 0.05) is 23.5 Å². The van der Waals surface area contributed by atoms with Crippen molar-refractivity contribution in [2.45, 2.75) is 58.7 Å². The molecule has 3 heteroatoms. The number of aryl methyl sites for hydroxylation is 1. The Morgan fingerprint density at radius 2 is 2.06 bits per heavy atom. The molecule has 0 amide bonds. The van der Waals surface area contributed by atoms with E-state index in [1.807, 2.05) is 11.3 Å². The van der Waals surface area contributed by atoms with Gasteiger partial charge in [-0.1, -0.05) is 6.42 Å². The summed E-state index contributed by atoms with van der Waals surface area (Å²) in [4.78, 5) is 1.46. The second-order valence-electron chi connectivity index (χ2n) is 4.90. The van der Waals surface area contributed by atoms with Crippen LogP contribution < -0.4 is 5.43 Å². The minimum Gasteiger partial charge on any atom is -0.249 e. The van der Waals surface area contributed by atoms with Crippen LogP contribution in [0.4, 0.5) is 0 Å². The molecule has 0 radical (unpaired) electrons. The maximum Gasteiger partial charge on any atom is 0.0450 e. The van der Waals surface area contributed by atoms with Gasteiger partial charge in [-0.05, 0) is 50.6 Å². The quantitative estimate of drug-likeness (QED) is 0.869. The number of hydrazine groups is 1. The first-order chi connectivity index (χ1) is 7.68. The molecular weight excluding hydrogens is 216 g/mol. The molecule has 1 aromatic rings. The SMILES string of the molecule is Cc1ccsc1CNN1C(C)CCCC1C. The molecule has 0 bridgehead atoms. The van der Waals surface area contributed by atoms with Gasteiger partial charge in [0.05, 0.1) is 0 Å². The molecule has 0 aromatic carbocycles. The summed E-state index contributed by atoms with van der Waals surface area (Å²) in [5.41, 5.74) is 5.02. The molecule has 0 aliphatic carbocycles. The fourth-order valence-electron chi connectivity index (χ4n) is 2.48. The average molecular weight is 238 g/mol. The van der Waals surface area contributed by atoms with Crippen LogP contribution in [0.5, 0.6) is 0 Å². The predicted molar refractivity (Wildman–Crippen MR) is 70.5 cm³/mol.